The van der Waals surface area contributed by atoms with E-state index in [-0.39, 0.29) is 5.91 Å². The van der Waals surface area contributed by atoms with Crippen LogP contribution < -0.4 is 5.32 Å². The largest absolute Gasteiger partial charge is 0.326 e. The molecule has 1 amide bonds. The van der Waals surface area contributed by atoms with Gasteiger partial charge in [-0.15, -0.1) is 11.3 Å². The van der Waals surface area contributed by atoms with Gasteiger partial charge in [-0.2, -0.15) is 0 Å². The van der Waals surface area contributed by atoms with E-state index in [9.17, 15) is 4.79 Å². The van der Waals surface area contributed by atoms with Gasteiger partial charge in [-0.3, -0.25) is 4.79 Å². The van der Waals surface area contributed by atoms with Crippen molar-refractivity contribution >= 4 is 33.1 Å². The van der Waals surface area contributed by atoms with Crippen molar-refractivity contribution in [2.24, 2.45) is 0 Å². The molecule has 1 aromatic heterocycles. The summed E-state index contributed by atoms with van der Waals surface area (Å²) in [7, 11) is 0. The summed E-state index contributed by atoms with van der Waals surface area (Å²) in [5.41, 5.74) is 5.27. The first-order valence-corrected chi connectivity index (χ1v) is 9.76. The van der Waals surface area contributed by atoms with Crippen LogP contribution in [0.3, 0.4) is 0 Å². The summed E-state index contributed by atoms with van der Waals surface area (Å²) in [5, 5.41) is 4.07. The van der Waals surface area contributed by atoms with Gasteiger partial charge < -0.3 is 5.32 Å². The molecule has 134 valence electrons. The fourth-order valence-electron chi connectivity index (χ4n) is 2.97. The molecule has 0 saturated carbocycles. The molecular weight excluding hydrogens is 352 g/mol. The second kappa shape index (κ2) is 7.72. The number of aromatic nitrogens is 1. The van der Waals surface area contributed by atoms with Gasteiger partial charge in [0, 0.05) is 12.1 Å². The highest BCUT2D eigenvalue weighted by atomic mass is 32.1. The van der Waals surface area contributed by atoms with Crippen LogP contribution in [0, 0.1) is 6.92 Å². The number of aryl methyl sites for hydroxylation is 1. The molecule has 0 unspecified atom stereocenters. The van der Waals surface area contributed by atoms with Crippen LogP contribution >= 0.6 is 11.3 Å². The molecule has 0 spiro atoms. The van der Waals surface area contributed by atoms with Gasteiger partial charge in [0.15, 0.2) is 0 Å². The van der Waals surface area contributed by atoms with Crippen molar-refractivity contribution in [3.05, 3.63) is 94.5 Å². The average molecular weight is 372 g/mol. The van der Waals surface area contributed by atoms with Gasteiger partial charge in [-0.25, -0.2) is 4.98 Å². The lowest BCUT2D eigenvalue weighted by atomic mass is 10.1. The van der Waals surface area contributed by atoms with E-state index >= 15 is 0 Å². The maximum absolute atomic E-state index is 12.2. The summed E-state index contributed by atoms with van der Waals surface area (Å²) in [5.74, 6) is -0.00206. The van der Waals surface area contributed by atoms with Crippen molar-refractivity contribution in [2.75, 3.05) is 5.32 Å². The molecule has 0 aliphatic rings. The number of benzene rings is 3. The highest BCUT2D eigenvalue weighted by Crippen LogP contribution is 2.24. The smallest absolute Gasteiger partial charge is 0.228 e. The lowest BCUT2D eigenvalue weighted by Gasteiger charge is -2.07. The molecule has 0 saturated heterocycles. The molecule has 0 radical (unpaired) electrons. The van der Waals surface area contributed by atoms with E-state index in [1.807, 2.05) is 73.7 Å². The predicted molar refractivity (Wildman–Crippen MR) is 112 cm³/mol. The van der Waals surface area contributed by atoms with Crippen molar-refractivity contribution in [2.45, 2.75) is 19.8 Å². The monoisotopic (exact) mass is 372 g/mol. The molecule has 0 fully saturated rings. The Kier molecular flexibility index (Phi) is 4.99. The van der Waals surface area contributed by atoms with Crippen molar-refractivity contribution in [3.63, 3.8) is 0 Å². The van der Waals surface area contributed by atoms with Gasteiger partial charge in [-0.05, 0) is 42.3 Å². The lowest BCUT2D eigenvalue weighted by Crippen LogP contribution is -2.14. The van der Waals surface area contributed by atoms with Crippen LogP contribution in [0.2, 0.25) is 0 Å². The fraction of sp³-hybridized carbons (Fsp3) is 0.130. The number of thiazole rings is 1. The van der Waals surface area contributed by atoms with E-state index in [0.717, 1.165) is 28.2 Å². The van der Waals surface area contributed by atoms with E-state index in [2.05, 4.69) is 16.4 Å². The maximum Gasteiger partial charge on any atom is 0.228 e. The number of anilines is 1. The molecule has 0 aliphatic heterocycles. The zero-order chi connectivity index (χ0) is 18.6. The Balaban J connectivity index is 1.38. The van der Waals surface area contributed by atoms with Crippen molar-refractivity contribution < 1.29 is 4.79 Å². The van der Waals surface area contributed by atoms with Gasteiger partial charge >= 0.3 is 0 Å². The molecule has 0 atom stereocenters. The zero-order valence-electron chi connectivity index (χ0n) is 15.1. The fourth-order valence-corrected chi connectivity index (χ4v) is 3.97. The number of hydrogen-bond acceptors (Lipinski definition) is 3. The Morgan fingerprint density at radius 2 is 1.63 bits per heavy atom. The second-order valence-corrected chi connectivity index (χ2v) is 7.77. The van der Waals surface area contributed by atoms with Crippen LogP contribution in [-0.2, 0) is 17.6 Å². The van der Waals surface area contributed by atoms with E-state index < -0.39 is 0 Å². The third-order valence-corrected chi connectivity index (χ3v) is 5.45. The van der Waals surface area contributed by atoms with Crippen molar-refractivity contribution in [3.8, 4) is 0 Å². The summed E-state index contributed by atoms with van der Waals surface area (Å²) in [4.78, 5) is 16.9. The maximum atomic E-state index is 12.2. The zero-order valence-corrected chi connectivity index (χ0v) is 15.9. The Labute approximate surface area is 162 Å². The molecule has 4 rings (SSSR count). The normalized spacial score (nSPS) is 10.9. The standard InChI is InChI=1S/C23H20N2OS/c1-16-6-8-17(9-7-16)14-22(26)24-19-12-10-18(11-13-19)15-23-25-20-4-2-3-5-21(20)27-23/h2-13H,14-15H2,1H3,(H,24,26). The number of nitrogens with one attached hydrogen (secondary N) is 1. The third-order valence-electron chi connectivity index (χ3n) is 4.42. The number of carbonyl (C=O) groups excluding carboxylic acids is 1. The molecule has 1 heterocycles. The molecule has 3 aromatic carbocycles. The second-order valence-electron chi connectivity index (χ2n) is 6.66. The van der Waals surface area contributed by atoms with Crippen molar-refractivity contribution in [1.29, 1.82) is 0 Å². The van der Waals surface area contributed by atoms with Gasteiger partial charge in [0.2, 0.25) is 5.91 Å². The Morgan fingerprint density at radius 3 is 2.37 bits per heavy atom. The van der Waals surface area contributed by atoms with Crippen LogP contribution in [0.15, 0.2) is 72.8 Å². The summed E-state index contributed by atoms with van der Waals surface area (Å²) in [6, 6.07) is 24.3. The molecule has 4 aromatic rings. The van der Waals surface area contributed by atoms with Gasteiger partial charge in [0.05, 0.1) is 21.6 Å². The molecule has 27 heavy (non-hydrogen) atoms. The first kappa shape index (κ1) is 17.4. The van der Waals surface area contributed by atoms with Crippen LogP contribution in [0.25, 0.3) is 10.2 Å². The van der Waals surface area contributed by atoms with E-state index in [1.54, 1.807) is 11.3 Å². The third kappa shape index (κ3) is 4.41. The van der Waals surface area contributed by atoms with Crippen molar-refractivity contribution in [1.82, 2.24) is 4.98 Å². The van der Waals surface area contributed by atoms with E-state index in [0.29, 0.717) is 6.42 Å². The molecule has 4 heteroatoms. The highest BCUT2D eigenvalue weighted by Gasteiger charge is 2.06. The first-order chi connectivity index (χ1) is 13.2. The van der Waals surface area contributed by atoms with Gasteiger partial charge in [-0.1, -0.05) is 54.1 Å². The molecule has 1 N–H and O–H groups in total. The number of carbonyl (C=O) groups is 1. The summed E-state index contributed by atoms with van der Waals surface area (Å²) < 4.78 is 1.22. The average Bonchev–Trinajstić information content (AvgIpc) is 3.07. The summed E-state index contributed by atoms with van der Waals surface area (Å²) in [6.07, 6.45) is 1.19. The van der Waals surface area contributed by atoms with Crippen LogP contribution in [0.4, 0.5) is 5.69 Å². The SMILES string of the molecule is Cc1ccc(CC(=O)Nc2ccc(Cc3nc4ccccc4s3)cc2)cc1. The number of fused-ring (bicyclic) bond motifs is 1. The minimum absolute atomic E-state index is 0.00206. The summed E-state index contributed by atoms with van der Waals surface area (Å²) >= 11 is 1.73. The summed E-state index contributed by atoms with van der Waals surface area (Å²) in [6.45, 7) is 2.04. The molecular formula is C23H20N2OS. The van der Waals surface area contributed by atoms with Crippen LogP contribution in [-0.4, -0.2) is 10.9 Å². The minimum Gasteiger partial charge on any atom is -0.326 e. The number of rotatable bonds is 5. The van der Waals surface area contributed by atoms with Gasteiger partial charge in [0.25, 0.3) is 0 Å². The lowest BCUT2D eigenvalue weighted by molar-refractivity contribution is -0.115. The van der Waals surface area contributed by atoms with Crippen LogP contribution in [0.1, 0.15) is 21.7 Å². The molecule has 0 aliphatic carbocycles. The highest BCUT2D eigenvalue weighted by molar-refractivity contribution is 7.18. The Morgan fingerprint density at radius 1 is 0.926 bits per heavy atom. The predicted octanol–water partition coefficient (Wildman–Crippen LogP) is 5.38. The number of para-hydroxylation sites is 1. The number of hydrogen-bond donors (Lipinski definition) is 1. The quantitative estimate of drug-likeness (QED) is 0.511. The molecule has 0 bridgehead atoms. The van der Waals surface area contributed by atoms with Gasteiger partial charge in [0.1, 0.15) is 0 Å². The first-order valence-electron chi connectivity index (χ1n) is 8.94. The topological polar surface area (TPSA) is 42.0 Å². The number of nitrogens with zero attached hydrogens (tertiary/aromatic N) is 1. The van der Waals surface area contributed by atoms with E-state index in [4.69, 9.17) is 0 Å². The number of amides is 1. The Bertz CT molecular complexity index is 1030. The van der Waals surface area contributed by atoms with Crippen LogP contribution in [0.5, 0.6) is 0 Å². The van der Waals surface area contributed by atoms with E-state index in [1.165, 1.54) is 15.8 Å². The molecule has 3 nitrogen and oxygen atoms in total. The minimum atomic E-state index is -0.00206. The Hall–Kier alpha value is -2.98.